The van der Waals surface area contributed by atoms with Crippen molar-refractivity contribution in [1.82, 2.24) is 0 Å². The van der Waals surface area contributed by atoms with Gasteiger partial charge in [-0.05, 0) is 107 Å². The lowest BCUT2D eigenvalue weighted by Gasteiger charge is -1.87. The van der Waals surface area contributed by atoms with Crippen molar-refractivity contribution in [2.24, 2.45) is 0 Å². The second kappa shape index (κ2) is 11.3. The van der Waals surface area contributed by atoms with E-state index in [9.17, 15) is 0 Å². The molecule has 0 saturated heterocycles. The van der Waals surface area contributed by atoms with E-state index in [2.05, 4.69) is 47.4 Å². The first kappa shape index (κ1) is 23.3. The third-order valence-electron chi connectivity index (χ3n) is 4.36. The van der Waals surface area contributed by atoms with Gasteiger partial charge in [0.05, 0.1) is 46.1 Å². The molecular weight excluding hydrogens is 525 g/mol. The van der Waals surface area contributed by atoms with Crippen molar-refractivity contribution in [2.75, 3.05) is 7.11 Å². The van der Waals surface area contributed by atoms with Gasteiger partial charge in [-0.2, -0.15) is 0 Å². The largest absolute Gasteiger partial charge is 0.487 e. The summed E-state index contributed by atoms with van der Waals surface area (Å²) in [6.45, 7) is 0. The summed E-state index contributed by atoms with van der Waals surface area (Å²) in [6, 6.07) is 20.1. The van der Waals surface area contributed by atoms with Gasteiger partial charge in [0.2, 0.25) is 0 Å². The molecule has 0 aliphatic rings. The number of hydrogen-bond donors (Lipinski definition) is 0. The van der Waals surface area contributed by atoms with Crippen molar-refractivity contribution >= 4 is 56.7 Å². The molecule has 0 fully saturated rings. The molecule has 0 saturated carbocycles. The maximum absolute atomic E-state index is 5.21. The molecular formula is C29H14OS5. The minimum Gasteiger partial charge on any atom is -0.487 e. The highest BCUT2D eigenvalue weighted by molar-refractivity contribution is 7.15. The maximum atomic E-state index is 5.21. The maximum Gasteiger partial charge on any atom is 0.174 e. The van der Waals surface area contributed by atoms with E-state index in [1.54, 1.807) is 63.8 Å². The van der Waals surface area contributed by atoms with Gasteiger partial charge in [-0.25, -0.2) is 0 Å². The molecule has 0 N–H and O–H groups in total. The van der Waals surface area contributed by atoms with Gasteiger partial charge in [0.1, 0.15) is 0 Å². The molecule has 5 rings (SSSR count). The highest BCUT2D eigenvalue weighted by Gasteiger charge is 1.99. The van der Waals surface area contributed by atoms with Gasteiger partial charge in [0.25, 0.3) is 0 Å². The average Bonchev–Trinajstić information content (AvgIpc) is 3.70. The Balaban J connectivity index is 1.21. The van der Waals surface area contributed by atoms with Gasteiger partial charge in [-0.3, -0.25) is 0 Å². The average molecular weight is 539 g/mol. The Kier molecular flexibility index (Phi) is 7.53. The highest BCUT2D eigenvalue weighted by Crippen LogP contribution is 2.23. The van der Waals surface area contributed by atoms with Crippen LogP contribution in [0.5, 0.6) is 5.06 Å². The van der Waals surface area contributed by atoms with E-state index < -0.39 is 0 Å². The molecule has 0 bridgehead atoms. The third-order valence-corrected chi connectivity index (χ3v) is 8.85. The van der Waals surface area contributed by atoms with Gasteiger partial charge in [-0.1, -0.05) is 17.4 Å². The third kappa shape index (κ3) is 6.57. The Morgan fingerprint density at radius 3 is 1.17 bits per heavy atom. The van der Waals surface area contributed by atoms with Crippen LogP contribution in [-0.2, 0) is 0 Å². The second-order valence-corrected chi connectivity index (χ2v) is 12.0. The van der Waals surface area contributed by atoms with Gasteiger partial charge in [-0.15, -0.1) is 45.3 Å². The van der Waals surface area contributed by atoms with Crippen LogP contribution in [0.4, 0.5) is 0 Å². The van der Waals surface area contributed by atoms with Gasteiger partial charge in [0, 0.05) is 0 Å². The lowest BCUT2D eigenvalue weighted by Crippen LogP contribution is -1.73. The smallest absolute Gasteiger partial charge is 0.174 e. The normalized spacial score (nSPS) is 9.51. The summed E-state index contributed by atoms with van der Waals surface area (Å²) >= 11 is 8.00. The van der Waals surface area contributed by atoms with Crippen LogP contribution < -0.4 is 4.74 Å². The first-order valence-electron chi connectivity index (χ1n) is 10.3. The Hall–Kier alpha value is -3.46. The molecule has 1 nitrogen and oxygen atoms in total. The Morgan fingerprint density at radius 2 is 0.829 bits per heavy atom. The van der Waals surface area contributed by atoms with E-state index in [-0.39, 0.29) is 0 Å². The molecule has 166 valence electrons. The Labute approximate surface area is 224 Å². The topological polar surface area (TPSA) is 9.23 Å². The lowest BCUT2D eigenvalue weighted by atomic mass is 10.3. The van der Waals surface area contributed by atoms with Crippen LogP contribution in [0.15, 0.2) is 66.0 Å². The van der Waals surface area contributed by atoms with Crippen LogP contribution >= 0.6 is 56.7 Å². The van der Waals surface area contributed by atoms with Crippen LogP contribution in [0.25, 0.3) is 0 Å². The Morgan fingerprint density at radius 1 is 0.457 bits per heavy atom. The fourth-order valence-electron chi connectivity index (χ4n) is 2.76. The van der Waals surface area contributed by atoms with Crippen LogP contribution in [0.3, 0.4) is 0 Å². The molecule has 5 heterocycles. The number of methoxy groups -OCH3 is 1. The number of thiophene rings is 5. The standard InChI is InChI=1S/C29H14OS5/c1-30-29-19-18-28(35-29)17-16-27-15-14-26(34-27)13-12-25-11-10-24(33-25)9-8-23-7-6-22(32-23)5-4-21-3-2-20-31-21/h2-3,6-7,10-11,14-15,18-20H,1H3. The van der Waals surface area contributed by atoms with E-state index in [1.807, 2.05) is 66.0 Å². The van der Waals surface area contributed by atoms with E-state index in [1.165, 1.54) is 0 Å². The summed E-state index contributed by atoms with van der Waals surface area (Å²) in [7, 11) is 1.67. The molecule has 35 heavy (non-hydrogen) atoms. The number of hydrogen-bond acceptors (Lipinski definition) is 6. The molecule has 0 aromatic carbocycles. The van der Waals surface area contributed by atoms with E-state index in [0.717, 1.165) is 44.1 Å². The molecule has 0 aliphatic carbocycles. The first-order valence-corrected chi connectivity index (χ1v) is 14.4. The predicted molar refractivity (Wildman–Crippen MR) is 152 cm³/mol. The molecule has 6 heteroatoms. The zero-order valence-electron chi connectivity index (χ0n) is 18.3. The highest BCUT2D eigenvalue weighted by atomic mass is 32.1. The minimum absolute atomic E-state index is 0.867. The minimum atomic E-state index is 0.867. The van der Waals surface area contributed by atoms with Crippen molar-refractivity contribution in [3.8, 4) is 52.4 Å². The predicted octanol–water partition coefficient (Wildman–Crippen LogP) is 7.60. The summed E-state index contributed by atoms with van der Waals surface area (Å²) in [5.41, 5.74) is 0. The van der Waals surface area contributed by atoms with Crippen molar-refractivity contribution < 1.29 is 4.74 Å². The molecule has 5 aromatic heterocycles. The van der Waals surface area contributed by atoms with E-state index in [4.69, 9.17) is 4.74 Å². The van der Waals surface area contributed by atoms with Crippen molar-refractivity contribution in [1.29, 1.82) is 0 Å². The van der Waals surface area contributed by atoms with Crippen LogP contribution in [-0.4, -0.2) is 7.11 Å². The summed E-state index contributed by atoms with van der Waals surface area (Å²) in [5.74, 6) is 25.8. The molecule has 0 spiro atoms. The second-order valence-electron chi connectivity index (χ2n) is 6.79. The summed E-state index contributed by atoms with van der Waals surface area (Å²) < 4.78 is 5.21. The lowest BCUT2D eigenvalue weighted by molar-refractivity contribution is 0.427. The van der Waals surface area contributed by atoms with Crippen LogP contribution in [0.2, 0.25) is 0 Å². The number of ether oxygens (including phenoxy) is 1. The van der Waals surface area contributed by atoms with Gasteiger partial charge in [0.15, 0.2) is 5.06 Å². The number of rotatable bonds is 1. The molecule has 0 radical (unpaired) electrons. The van der Waals surface area contributed by atoms with Gasteiger partial charge < -0.3 is 4.74 Å². The zero-order chi connectivity index (χ0) is 23.9. The monoisotopic (exact) mass is 538 g/mol. The van der Waals surface area contributed by atoms with Gasteiger partial charge >= 0.3 is 0 Å². The van der Waals surface area contributed by atoms with Crippen molar-refractivity contribution in [3.05, 3.63) is 105 Å². The molecule has 0 unspecified atom stereocenters. The summed E-state index contributed by atoms with van der Waals surface area (Å²) in [5, 5.41) is 2.90. The van der Waals surface area contributed by atoms with Crippen molar-refractivity contribution in [2.45, 2.75) is 0 Å². The fraction of sp³-hybridized carbons (Fsp3) is 0.0345. The van der Waals surface area contributed by atoms with Crippen molar-refractivity contribution in [3.63, 3.8) is 0 Å². The Bertz CT molecular complexity index is 1710. The molecule has 0 amide bonds. The SMILES string of the molecule is COc1ccc(C#Cc2ccc(C#Cc3ccc(C#Cc4ccc(C#Cc5cccs5)s4)s3)s2)s1. The fourth-order valence-corrected chi connectivity index (χ4v) is 6.14. The van der Waals surface area contributed by atoms with E-state index in [0.29, 0.717) is 0 Å². The summed E-state index contributed by atoms with van der Waals surface area (Å²) in [6.07, 6.45) is 0. The van der Waals surface area contributed by atoms with E-state index >= 15 is 0 Å². The van der Waals surface area contributed by atoms with Crippen LogP contribution in [0.1, 0.15) is 39.0 Å². The summed E-state index contributed by atoms with van der Waals surface area (Å²) in [4.78, 5) is 8.08. The zero-order valence-corrected chi connectivity index (χ0v) is 22.4. The first-order chi connectivity index (χ1) is 17.2. The molecule has 0 atom stereocenters. The molecule has 5 aromatic rings. The quantitative estimate of drug-likeness (QED) is 0.200. The molecule has 0 aliphatic heterocycles. The van der Waals surface area contributed by atoms with Crippen LogP contribution in [0, 0.1) is 47.4 Å².